The highest BCUT2D eigenvalue weighted by Crippen LogP contribution is 2.12. The molecule has 1 aromatic carbocycles. The first-order chi connectivity index (χ1) is 8.80. The van der Waals surface area contributed by atoms with E-state index in [0.717, 1.165) is 25.3 Å². The van der Waals surface area contributed by atoms with Crippen molar-refractivity contribution in [1.29, 1.82) is 0 Å². The molecule has 0 bridgehead atoms. The second-order valence-electron chi connectivity index (χ2n) is 4.19. The zero-order chi connectivity index (χ0) is 13.2. The maximum absolute atomic E-state index is 5.44. The molecule has 1 aromatic rings. The molecule has 0 amide bonds. The molecule has 0 heterocycles. The molecule has 0 aromatic heterocycles. The number of methoxy groups -OCH3 is 1. The molecule has 1 rings (SSSR count). The van der Waals surface area contributed by atoms with Crippen LogP contribution in [0.2, 0.25) is 0 Å². The molecule has 0 spiro atoms. The van der Waals surface area contributed by atoms with E-state index in [4.69, 9.17) is 9.47 Å². The summed E-state index contributed by atoms with van der Waals surface area (Å²) in [5.41, 5.74) is 1.25. The summed E-state index contributed by atoms with van der Waals surface area (Å²) in [4.78, 5) is 0. The molecular weight excluding hydrogens is 226 g/mol. The predicted molar refractivity (Wildman–Crippen MR) is 74.9 cm³/mol. The van der Waals surface area contributed by atoms with Gasteiger partial charge in [-0.3, -0.25) is 0 Å². The molecule has 3 nitrogen and oxygen atoms in total. The largest absolute Gasteiger partial charge is 0.490 e. The minimum atomic E-state index is 0.409. The fourth-order valence-corrected chi connectivity index (χ4v) is 1.64. The minimum absolute atomic E-state index is 0.409. The summed E-state index contributed by atoms with van der Waals surface area (Å²) < 4.78 is 10.6. The van der Waals surface area contributed by atoms with Crippen molar-refractivity contribution in [3.63, 3.8) is 0 Å². The Kier molecular flexibility index (Phi) is 7.14. The Hall–Kier alpha value is -1.32. The third-order valence-electron chi connectivity index (χ3n) is 2.75. The summed E-state index contributed by atoms with van der Waals surface area (Å²) in [6.07, 6.45) is 2.81. The second-order valence-corrected chi connectivity index (χ2v) is 4.19. The van der Waals surface area contributed by atoms with Crippen molar-refractivity contribution in [2.75, 3.05) is 20.3 Å². The smallest absolute Gasteiger partial charge is 0.119 e. The highest BCUT2D eigenvalue weighted by molar-refractivity contribution is 5.27. The van der Waals surface area contributed by atoms with Crippen LogP contribution in [0.1, 0.15) is 18.9 Å². The average molecular weight is 249 g/mol. The van der Waals surface area contributed by atoms with Crippen molar-refractivity contribution in [2.45, 2.75) is 25.9 Å². The Morgan fingerprint density at radius 1 is 1.33 bits per heavy atom. The maximum atomic E-state index is 5.44. The molecule has 0 aliphatic carbocycles. The van der Waals surface area contributed by atoms with Gasteiger partial charge in [0.25, 0.3) is 0 Å². The Morgan fingerprint density at radius 3 is 2.61 bits per heavy atom. The van der Waals surface area contributed by atoms with Crippen LogP contribution in [-0.4, -0.2) is 26.4 Å². The quantitative estimate of drug-likeness (QED) is 0.683. The van der Waals surface area contributed by atoms with E-state index in [0.29, 0.717) is 12.6 Å². The monoisotopic (exact) mass is 249 g/mol. The molecule has 0 saturated heterocycles. The molecule has 0 saturated carbocycles. The molecule has 1 atom stereocenters. The van der Waals surface area contributed by atoms with E-state index in [1.165, 1.54) is 5.56 Å². The molecule has 18 heavy (non-hydrogen) atoms. The predicted octanol–water partition coefficient (Wildman–Crippen LogP) is 2.77. The molecule has 0 aliphatic heterocycles. The van der Waals surface area contributed by atoms with Crippen LogP contribution in [0, 0.1) is 0 Å². The van der Waals surface area contributed by atoms with Crippen molar-refractivity contribution >= 4 is 0 Å². The van der Waals surface area contributed by atoms with E-state index < -0.39 is 0 Å². The van der Waals surface area contributed by atoms with Crippen molar-refractivity contribution < 1.29 is 9.47 Å². The summed E-state index contributed by atoms with van der Waals surface area (Å²) in [7, 11) is 1.73. The lowest BCUT2D eigenvalue weighted by Crippen LogP contribution is -2.31. The Labute approximate surface area is 110 Å². The molecule has 1 N–H and O–H groups in total. The van der Waals surface area contributed by atoms with Gasteiger partial charge >= 0.3 is 0 Å². The Morgan fingerprint density at radius 2 is 2.06 bits per heavy atom. The van der Waals surface area contributed by atoms with Crippen LogP contribution in [0.3, 0.4) is 0 Å². The van der Waals surface area contributed by atoms with Crippen molar-refractivity contribution in [3.05, 3.63) is 42.5 Å². The Bertz CT molecular complexity index is 335. The van der Waals surface area contributed by atoms with Gasteiger partial charge in [-0.2, -0.15) is 0 Å². The van der Waals surface area contributed by atoms with Crippen molar-refractivity contribution in [3.8, 4) is 5.75 Å². The zero-order valence-electron chi connectivity index (χ0n) is 11.3. The molecule has 0 radical (unpaired) electrons. The van der Waals surface area contributed by atoms with E-state index in [9.17, 15) is 0 Å². The second kappa shape index (κ2) is 8.72. The number of nitrogens with one attached hydrogen (secondary N) is 1. The van der Waals surface area contributed by atoms with Crippen LogP contribution in [0.25, 0.3) is 0 Å². The number of benzene rings is 1. The van der Waals surface area contributed by atoms with Gasteiger partial charge in [-0.1, -0.05) is 31.7 Å². The topological polar surface area (TPSA) is 30.5 Å². The number of ether oxygens (including phenoxy) is 2. The fraction of sp³-hybridized carbons (Fsp3) is 0.467. The van der Waals surface area contributed by atoms with Gasteiger partial charge in [0, 0.05) is 19.7 Å². The number of hydrogen-bond donors (Lipinski definition) is 1. The van der Waals surface area contributed by atoms with E-state index in [-0.39, 0.29) is 0 Å². The average Bonchev–Trinajstić information content (AvgIpc) is 2.42. The first-order valence-electron chi connectivity index (χ1n) is 6.35. The fourth-order valence-electron chi connectivity index (χ4n) is 1.64. The van der Waals surface area contributed by atoms with Crippen LogP contribution in [-0.2, 0) is 11.3 Å². The number of hydrogen-bond acceptors (Lipinski definition) is 3. The van der Waals surface area contributed by atoms with Crippen LogP contribution in [0.5, 0.6) is 5.75 Å². The summed E-state index contributed by atoms with van der Waals surface area (Å²) >= 11 is 0. The zero-order valence-corrected chi connectivity index (χ0v) is 11.3. The molecular formula is C15H23NO2. The van der Waals surface area contributed by atoms with Crippen molar-refractivity contribution in [2.24, 2.45) is 0 Å². The molecule has 1 unspecified atom stereocenters. The van der Waals surface area contributed by atoms with E-state index in [1.807, 2.05) is 12.1 Å². The maximum Gasteiger partial charge on any atom is 0.119 e. The molecule has 3 heteroatoms. The lowest BCUT2D eigenvalue weighted by molar-refractivity contribution is 0.164. The van der Waals surface area contributed by atoms with Gasteiger partial charge in [-0.15, -0.1) is 0 Å². The lowest BCUT2D eigenvalue weighted by Gasteiger charge is -2.16. The van der Waals surface area contributed by atoms with Gasteiger partial charge in [0.05, 0.1) is 6.61 Å². The minimum Gasteiger partial charge on any atom is -0.490 e. The van der Waals surface area contributed by atoms with E-state index in [1.54, 1.807) is 13.2 Å². The molecule has 100 valence electrons. The third-order valence-corrected chi connectivity index (χ3v) is 2.75. The van der Waals surface area contributed by atoms with Gasteiger partial charge in [0.15, 0.2) is 0 Å². The first kappa shape index (κ1) is 14.7. The summed E-state index contributed by atoms with van der Waals surface area (Å²) in [6, 6.07) is 8.53. The lowest BCUT2D eigenvalue weighted by atomic mass is 10.2. The summed E-state index contributed by atoms with van der Waals surface area (Å²) in [5.74, 6) is 0.877. The van der Waals surface area contributed by atoms with Crippen LogP contribution in [0.4, 0.5) is 0 Å². The van der Waals surface area contributed by atoms with Crippen LogP contribution < -0.4 is 10.1 Å². The third kappa shape index (κ3) is 5.34. The SMILES string of the molecule is C=CCOc1ccc(CNC(CC)COC)cc1. The molecule has 0 aliphatic rings. The van der Waals surface area contributed by atoms with Gasteiger partial charge in [0.1, 0.15) is 12.4 Å². The van der Waals surface area contributed by atoms with Gasteiger partial charge in [-0.05, 0) is 24.1 Å². The summed E-state index contributed by atoms with van der Waals surface area (Å²) in [6.45, 7) is 7.92. The van der Waals surface area contributed by atoms with Gasteiger partial charge < -0.3 is 14.8 Å². The van der Waals surface area contributed by atoms with Gasteiger partial charge in [-0.25, -0.2) is 0 Å². The van der Waals surface area contributed by atoms with E-state index >= 15 is 0 Å². The standard InChI is InChI=1S/C15H23NO2/c1-4-10-18-15-8-6-13(7-9-15)11-16-14(5-2)12-17-3/h4,6-9,14,16H,1,5,10-12H2,2-3H3. The van der Waals surface area contributed by atoms with Crippen molar-refractivity contribution in [1.82, 2.24) is 5.32 Å². The number of rotatable bonds is 9. The Balaban J connectivity index is 2.40. The normalized spacial score (nSPS) is 12.1. The van der Waals surface area contributed by atoms with Gasteiger partial charge in [0.2, 0.25) is 0 Å². The summed E-state index contributed by atoms with van der Waals surface area (Å²) in [5, 5.41) is 3.47. The first-order valence-corrected chi connectivity index (χ1v) is 6.35. The highest BCUT2D eigenvalue weighted by Gasteiger charge is 2.04. The van der Waals surface area contributed by atoms with Crippen LogP contribution >= 0.6 is 0 Å². The van der Waals surface area contributed by atoms with Crippen LogP contribution in [0.15, 0.2) is 36.9 Å². The van der Waals surface area contributed by atoms with E-state index in [2.05, 4.69) is 31.0 Å². The highest BCUT2D eigenvalue weighted by atomic mass is 16.5. The molecule has 0 fully saturated rings.